The summed E-state index contributed by atoms with van der Waals surface area (Å²) in [7, 11) is -3.65. The second-order valence-electron chi connectivity index (χ2n) is 4.54. The highest BCUT2D eigenvalue weighted by molar-refractivity contribution is 7.86. The first-order valence-corrected chi connectivity index (χ1v) is 7.56. The number of rotatable bonds is 6. The van der Waals surface area contributed by atoms with E-state index in [2.05, 4.69) is 0 Å². The smallest absolute Gasteiger partial charge is 0.297 e. The SMILES string of the molecule is CCOS(=O)(=O)c1ccc(C)c(OCC2CC2)c1. The molecular weight excluding hydrogens is 252 g/mol. The molecule has 18 heavy (non-hydrogen) atoms. The lowest BCUT2D eigenvalue weighted by Gasteiger charge is -2.10. The molecule has 0 aliphatic heterocycles. The van der Waals surface area contributed by atoms with Crippen molar-refractivity contribution in [3.8, 4) is 5.75 Å². The molecule has 1 saturated carbocycles. The number of hydrogen-bond acceptors (Lipinski definition) is 4. The molecule has 1 fully saturated rings. The summed E-state index contributed by atoms with van der Waals surface area (Å²) in [5.41, 5.74) is 0.936. The van der Waals surface area contributed by atoms with Crippen molar-refractivity contribution in [1.82, 2.24) is 0 Å². The minimum atomic E-state index is -3.65. The largest absolute Gasteiger partial charge is 0.493 e. The molecule has 1 aromatic carbocycles. The van der Waals surface area contributed by atoms with Crippen LogP contribution in [0.2, 0.25) is 0 Å². The summed E-state index contributed by atoms with van der Waals surface area (Å²) in [6.45, 7) is 4.35. The summed E-state index contributed by atoms with van der Waals surface area (Å²) in [4.78, 5) is 0.153. The van der Waals surface area contributed by atoms with Crippen LogP contribution in [0.15, 0.2) is 23.1 Å². The van der Waals surface area contributed by atoms with Crippen LogP contribution < -0.4 is 4.74 Å². The van der Waals surface area contributed by atoms with Gasteiger partial charge in [0.1, 0.15) is 5.75 Å². The van der Waals surface area contributed by atoms with Crippen molar-refractivity contribution in [3.63, 3.8) is 0 Å². The van der Waals surface area contributed by atoms with E-state index in [9.17, 15) is 8.42 Å². The highest BCUT2D eigenvalue weighted by Gasteiger charge is 2.23. The second-order valence-corrected chi connectivity index (χ2v) is 6.16. The van der Waals surface area contributed by atoms with Gasteiger partial charge in [-0.05, 0) is 44.2 Å². The van der Waals surface area contributed by atoms with E-state index < -0.39 is 10.1 Å². The van der Waals surface area contributed by atoms with E-state index in [1.807, 2.05) is 6.92 Å². The van der Waals surface area contributed by atoms with Gasteiger partial charge in [-0.1, -0.05) is 6.07 Å². The first-order chi connectivity index (χ1) is 8.53. The molecule has 0 atom stereocenters. The van der Waals surface area contributed by atoms with Crippen LogP contribution in [0.25, 0.3) is 0 Å². The molecule has 0 amide bonds. The monoisotopic (exact) mass is 270 g/mol. The molecule has 4 nitrogen and oxygen atoms in total. The van der Waals surface area contributed by atoms with E-state index in [-0.39, 0.29) is 11.5 Å². The van der Waals surface area contributed by atoms with E-state index in [0.29, 0.717) is 18.3 Å². The lowest BCUT2D eigenvalue weighted by atomic mass is 10.2. The Hall–Kier alpha value is -1.07. The topological polar surface area (TPSA) is 52.6 Å². The summed E-state index contributed by atoms with van der Waals surface area (Å²) in [5.74, 6) is 1.26. The molecule has 1 aliphatic carbocycles. The fraction of sp³-hybridized carbons (Fsp3) is 0.538. The predicted octanol–water partition coefficient (Wildman–Crippen LogP) is 2.51. The van der Waals surface area contributed by atoms with Crippen molar-refractivity contribution >= 4 is 10.1 Å². The van der Waals surface area contributed by atoms with Gasteiger partial charge in [-0.25, -0.2) is 0 Å². The maximum Gasteiger partial charge on any atom is 0.297 e. The highest BCUT2D eigenvalue weighted by Crippen LogP contribution is 2.31. The van der Waals surface area contributed by atoms with Gasteiger partial charge in [-0.2, -0.15) is 8.42 Å². The van der Waals surface area contributed by atoms with Gasteiger partial charge in [0.25, 0.3) is 10.1 Å². The molecule has 0 spiro atoms. The normalized spacial score (nSPS) is 15.7. The second kappa shape index (κ2) is 5.28. The minimum absolute atomic E-state index is 0.133. The summed E-state index contributed by atoms with van der Waals surface area (Å²) >= 11 is 0. The van der Waals surface area contributed by atoms with Crippen LogP contribution in [0.4, 0.5) is 0 Å². The molecule has 5 heteroatoms. The summed E-state index contributed by atoms with van der Waals surface area (Å²) in [5, 5.41) is 0. The Morgan fingerprint density at radius 1 is 1.33 bits per heavy atom. The van der Waals surface area contributed by atoms with Crippen LogP contribution in [-0.4, -0.2) is 21.6 Å². The van der Waals surface area contributed by atoms with Crippen molar-refractivity contribution in [2.75, 3.05) is 13.2 Å². The van der Waals surface area contributed by atoms with Crippen LogP contribution in [0.1, 0.15) is 25.3 Å². The molecule has 0 bridgehead atoms. The Bertz CT molecular complexity index is 518. The molecule has 0 unspecified atom stereocenters. The van der Waals surface area contributed by atoms with E-state index in [4.69, 9.17) is 8.92 Å². The molecule has 2 rings (SSSR count). The quantitative estimate of drug-likeness (QED) is 0.745. The molecule has 0 N–H and O–H groups in total. The molecule has 0 saturated heterocycles. The van der Waals surface area contributed by atoms with Crippen LogP contribution >= 0.6 is 0 Å². The van der Waals surface area contributed by atoms with Gasteiger partial charge in [0.05, 0.1) is 18.1 Å². The Morgan fingerprint density at radius 2 is 2.06 bits per heavy atom. The molecule has 1 aromatic rings. The lowest BCUT2D eigenvalue weighted by Crippen LogP contribution is -2.07. The molecule has 0 heterocycles. The fourth-order valence-electron chi connectivity index (χ4n) is 1.61. The Labute approximate surface area is 108 Å². The van der Waals surface area contributed by atoms with E-state index in [1.54, 1.807) is 25.1 Å². The zero-order chi connectivity index (χ0) is 13.2. The number of benzene rings is 1. The van der Waals surface area contributed by atoms with Gasteiger partial charge in [0.2, 0.25) is 0 Å². The zero-order valence-electron chi connectivity index (χ0n) is 10.7. The average molecular weight is 270 g/mol. The number of aryl methyl sites for hydroxylation is 1. The van der Waals surface area contributed by atoms with E-state index in [1.165, 1.54) is 12.8 Å². The summed E-state index contributed by atoms with van der Waals surface area (Å²) in [6, 6.07) is 4.83. The maximum absolute atomic E-state index is 11.8. The van der Waals surface area contributed by atoms with Crippen LogP contribution in [0.3, 0.4) is 0 Å². The third-order valence-electron chi connectivity index (χ3n) is 2.89. The van der Waals surface area contributed by atoms with Crippen molar-refractivity contribution in [2.24, 2.45) is 5.92 Å². The molecular formula is C13H18O4S. The van der Waals surface area contributed by atoms with Crippen LogP contribution in [0, 0.1) is 12.8 Å². The molecule has 100 valence electrons. The van der Waals surface area contributed by atoms with E-state index >= 15 is 0 Å². The van der Waals surface area contributed by atoms with Gasteiger partial charge >= 0.3 is 0 Å². The number of hydrogen-bond donors (Lipinski definition) is 0. The fourth-order valence-corrected chi connectivity index (χ4v) is 2.54. The third-order valence-corrected chi connectivity index (χ3v) is 4.27. The van der Waals surface area contributed by atoms with Crippen molar-refractivity contribution < 1.29 is 17.3 Å². The van der Waals surface area contributed by atoms with Gasteiger partial charge in [-0.3, -0.25) is 4.18 Å². The third kappa shape index (κ3) is 3.23. The van der Waals surface area contributed by atoms with Gasteiger partial charge in [0, 0.05) is 6.07 Å². The summed E-state index contributed by atoms with van der Waals surface area (Å²) < 4.78 is 34.0. The molecule has 1 aliphatic rings. The van der Waals surface area contributed by atoms with Crippen molar-refractivity contribution in [1.29, 1.82) is 0 Å². The highest BCUT2D eigenvalue weighted by atomic mass is 32.2. The first kappa shape index (κ1) is 13.4. The maximum atomic E-state index is 11.8. The lowest BCUT2D eigenvalue weighted by molar-refractivity contribution is 0.296. The van der Waals surface area contributed by atoms with Crippen LogP contribution in [-0.2, 0) is 14.3 Å². The minimum Gasteiger partial charge on any atom is -0.493 e. The molecule has 0 aromatic heterocycles. The number of ether oxygens (including phenoxy) is 1. The zero-order valence-corrected chi connectivity index (χ0v) is 11.5. The predicted molar refractivity (Wildman–Crippen MR) is 68.2 cm³/mol. The van der Waals surface area contributed by atoms with Gasteiger partial charge in [0.15, 0.2) is 0 Å². The van der Waals surface area contributed by atoms with Crippen molar-refractivity contribution in [2.45, 2.75) is 31.6 Å². The standard InChI is InChI=1S/C13H18O4S/c1-3-17-18(14,15)12-7-4-10(2)13(8-12)16-9-11-5-6-11/h4,7-8,11H,3,5-6,9H2,1-2H3. The Morgan fingerprint density at radius 3 is 2.67 bits per heavy atom. The van der Waals surface area contributed by atoms with Crippen LogP contribution in [0.5, 0.6) is 5.75 Å². The van der Waals surface area contributed by atoms with E-state index in [0.717, 1.165) is 5.56 Å². The van der Waals surface area contributed by atoms with Crippen molar-refractivity contribution in [3.05, 3.63) is 23.8 Å². The average Bonchev–Trinajstić information content (AvgIpc) is 3.11. The van der Waals surface area contributed by atoms with Gasteiger partial charge < -0.3 is 4.74 Å². The van der Waals surface area contributed by atoms with Gasteiger partial charge in [-0.15, -0.1) is 0 Å². The Kier molecular flexibility index (Phi) is 3.92. The first-order valence-electron chi connectivity index (χ1n) is 6.16. The Balaban J connectivity index is 2.19. The molecule has 0 radical (unpaired) electrons. The summed E-state index contributed by atoms with van der Waals surface area (Å²) in [6.07, 6.45) is 2.41.